The van der Waals surface area contributed by atoms with E-state index < -0.39 is 30.0 Å². The molecule has 0 unspecified atom stereocenters. The van der Waals surface area contributed by atoms with Crippen LogP contribution in [0.15, 0.2) is 21.9 Å². The molecule has 13 heteroatoms. The largest absolute Gasteiger partial charge is 0.381 e. The molecule has 11 nitrogen and oxygen atoms in total. The SMILES string of the molecule is NS(=O)(=O)c1c(S(=O)(=O)C2CNC2)ccc(C2CCOCC2)c1-c1nn[nH]n1. The number of ether oxygens (including phenoxy) is 1. The van der Waals surface area contributed by atoms with Crippen molar-refractivity contribution in [2.24, 2.45) is 5.14 Å². The van der Waals surface area contributed by atoms with E-state index in [2.05, 4.69) is 25.9 Å². The predicted octanol–water partition coefficient (Wildman–Crippen LogP) is -0.846. The Hall–Kier alpha value is -1.93. The van der Waals surface area contributed by atoms with E-state index in [1.54, 1.807) is 6.07 Å². The molecular weight excluding hydrogens is 408 g/mol. The van der Waals surface area contributed by atoms with Crippen molar-refractivity contribution in [3.05, 3.63) is 17.7 Å². The fourth-order valence-electron chi connectivity index (χ4n) is 3.59. The zero-order valence-corrected chi connectivity index (χ0v) is 16.5. The van der Waals surface area contributed by atoms with Gasteiger partial charge in [-0.25, -0.2) is 22.0 Å². The van der Waals surface area contributed by atoms with Crippen LogP contribution in [-0.2, 0) is 24.6 Å². The summed E-state index contributed by atoms with van der Waals surface area (Å²) >= 11 is 0. The topological polar surface area (TPSA) is 170 Å². The van der Waals surface area contributed by atoms with Crippen LogP contribution in [0, 0.1) is 0 Å². The van der Waals surface area contributed by atoms with E-state index in [1.807, 2.05) is 0 Å². The van der Waals surface area contributed by atoms with Crippen molar-refractivity contribution in [1.82, 2.24) is 25.9 Å². The van der Waals surface area contributed by atoms with Crippen molar-refractivity contribution in [3.8, 4) is 11.4 Å². The second-order valence-corrected chi connectivity index (χ2v) is 10.5. The van der Waals surface area contributed by atoms with Crippen LogP contribution < -0.4 is 10.5 Å². The number of hydrogen-bond acceptors (Lipinski definition) is 9. The highest BCUT2D eigenvalue weighted by molar-refractivity contribution is 7.94. The standard InChI is InChI=1S/C15H20N6O5S2/c16-28(24,25)14-12(27(22,23)10-7-17-8-10)2-1-11(9-3-5-26-6-4-9)13(14)15-18-20-21-19-15/h1-2,9-10,17H,3-8H2,(H2,16,24,25)(H,18,19,20,21). The Morgan fingerprint density at radius 1 is 1.11 bits per heavy atom. The molecule has 1 aromatic heterocycles. The van der Waals surface area contributed by atoms with E-state index in [0.717, 1.165) is 0 Å². The number of nitrogens with zero attached hydrogens (tertiary/aromatic N) is 3. The Bertz CT molecular complexity index is 1070. The maximum Gasteiger partial charge on any atom is 0.240 e. The van der Waals surface area contributed by atoms with Crippen LogP contribution in [0.2, 0.25) is 0 Å². The van der Waals surface area contributed by atoms with E-state index in [9.17, 15) is 16.8 Å². The summed E-state index contributed by atoms with van der Waals surface area (Å²) in [5.74, 6) is -0.0424. The zero-order valence-electron chi connectivity index (χ0n) is 14.8. The van der Waals surface area contributed by atoms with Crippen molar-refractivity contribution < 1.29 is 21.6 Å². The molecule has 4 N–H and O–H groups in total. The number of primary sulfonamides is 1. The van der Waals surface area contributed by atoms with Gasteiger partial charge in [-0.05, 0) is 35.6 Å². The number of rotatable bonds is 5. The number of sulfone groups is 1. The first-order valence-corrected chi connectivity index (χ1v) is 11.9. The number of aromatic amines is 1. The van der Waals surface area contributed by atoms with Gasteiger partial charge >= 0.3 is 0 Å². The molecule has 0 spiro atoms. The predicted molar refractivity (Wildman–Crippen MR) is 97.6 cm³/mol. The minimum absolute atomic E-state index is 0.00528. The summed E-state index contributed by atoms with van der Waals surface area (Å²) in [6.07, 6.45) is 1.32. The van der Waals surface area contributed by atoms with Gasteiger partial charge in [0.2, 0.25) is 15.8 Å². The van der Waals surface area contributed by atoms with Crippen molar-refractivity contribution >= 4 is 19.9 Å². The first kappa shape index (κ1) is 19.4. The van der Waals surface area contributed by atoms with E-state index in [0.29, 0.717) is 31.6 Å². The van der Waals surface area contributed by atoms with Crippen molar-refractivity contribution in [2.75, 3.05) is 26.3 Å². The third-order valence-corrected chi connectivity index (χ3v) is 8.44. The number of aromatic nitrogens is 4. The highest BCUT2D eigenvalue weighted by Crippen LogP contribution is 2.40. The van der Waals surface area contributed by atoms with Gasteiger partial charge in [0.1, 0.15) is 4.90 Å². The lowest BCUT2D eigenvalue weighted by Gasteiger charge is -2.29. The van der Waals surface area contributed by atoms with Crippen LogP contribution in [-0.4, -0.2) is 69.0 Å². The third-order valence-electron chi connectivity index (χ3n) is 5.16. The second-order valence-electron chi connectivity index (χ2n) is 6.85. The summed E-state index contributed by atoms with van der Waals surface area (Å²) in [6, 6.07) is 2.97. The number of tetrazole rings is 1. The Balaban J connectivity index is 2.01. The maximum atomic E-state index is 13.0. The Labute approximate surface area is 162 Å². The zero-order chi connectivity index (χ0) is 19.9. The lowest BCUT2D eigenvalue weighted by Crippen LogP contribution is -2.51. The Kier molecular flexibility index (Phi) is 4.95. The number of benzene rings is 1. The summed E-state index contributed by atoms with van der Waals surface area (Å²) in [4.78, 5) is -0.790. The molecule has 0 saturated carbocycles. The van der Waals surface area contributed by atoms with E-state index in [4.69, 9.17) is 9.88 Å². The van der Waals surface area contributed by atoms with Gasteiger partial charge in [-0.2, -0.15) is 5.21 Å². The van der Waals surface area contributed by atoms with Gasteiger partial charge in [-0.1, -0.05) is 6.07 Å². The molecule has 2 fully saturated rings. The molecule has 0 atom stereocenters. The van der Waals surface area contributed by atoms with Crippen molar-refractivity contribution in [2.45, 2.75) is 33.8 Å². The molecule has 28 heavy (non-hydrogen) atoms. The summed E-state index contributed by atoms with van der Waals surface area (Å²) in [5, 5.41) is 21.3. The lowest BCUT2D eigenvalue weighted by atomic mass is 9.88. The molecule has 2 aromatic rings. The van der Waals surface area contributed by atoms with Crippen molar-refractivity contribution in [3.63, 3.8) is 0 Å². The number of H-pyrrole nitrogens is 1. The van der Waals surface area contributed by atoms with Crippen LogP contribution >= 0.6 is 0 Å². The average Bonchev–Trinajstić information content (AvgIpc) is 3.13. The van der Waals surface area contributed by atoms with Gasteiger partial charge in [-0.15, -0.1) is 10.2 Å². The van der Waals surface area contributed by atoms with Gasteiger partial charge in [0, 0.05) is 31.9 Å². The molecule has 152 valence electrons. The van der Waals surface area contributed by atoms with Gasteiger partial charge in [0.25, 0.3) is 0 Å². The van der Waals surface area contributed by atoms with Crippen LogP contribution in [0.4, 0.5) is 0 Å². The average molecular weight is 428 g/mol. The highest BCUT2D eigenvalue weighted by Gasteiger charge is 2.39. The summed E-state index contributed by atoms with van der Waals surface area (Å²) < 4.78 is 56.6. The summed E-state index contributed by atoms with van der Waals surface area (Å²) in [6.45, 7) is 1.56. The quantitative estimate of drug-likeness (QED) is 0.549. The Morgan fingerprint density at radius 3 is 2.36 bits per heavy atom. The molecule has 2 aliphatic rings. The van der Waals surface area contributed by atoms with Crippen molar-refractivity contribution in [1.29, 1.82) is 0 Å². The first-order chi connectivity index (χ1) is 13.3. The molecule has 0 radical (unpaired) electrons. The normalized spacial score (nSPS) is 19.5. The van der Waals surface area contributed by atoms with Gasteiger partial charge < -0.3 is 10.1 Å². The maximum absolute atomic E-state index is 13.0. The van der Waals surface area contributed by atoms with E-state index in [1.165, 1.54) is 6.07 Å². The van der Waals surface area contributed by atoms with Gasteiger partial charge in [-0.3, -0.25) is 0 Å². The van der Waals surface area contributed by atoms with Crippen LogP contribution in [0.3, 0.4) is 0 Å². The summed E-state index contributed by atoms with van der Waals surface area (Å²) in [5.41, 5.74) is 0.718. The summed E-state index contributed by atoms with van der Waals surface area (Å²) in [7, 11) is -8.31. The van der Waals surface area contributed by atoms with E-state index >= 15 is 0 Å². The smallest absolute Gasteiger partial charge is 0.240 e. The number of nitrogens with one attached hydrogen (secondary N) is 2. The molecule has 0 amide bonds. The van der Waals surface area contributed by atoms with E-state index in [-0.39, 0.29) is 35.3 Å². The van der Waals surface area contributed by atoms with Crippen LogP contribution in [0.25, 0.3) is 11.4 Å². The highest BCUT2D eigenvalue weighted by atomic mass is 32.2. The monoisotopic (exact) mass is 428 g/mol. The molecular formula is C15H20N6O5S2. The molecule has 1 aromatic carbocycles. The molecule has 2 aliphatic heterocycles. The Morgan fingerprint density at radius 2 is 1.82 bits per heavy atom. The molecule has 4 rings (SSSR count). The number of nitrogens with two attached hydrogens (primary N) is 1. The van der Waals surface area contributed by atoms with Gasteiger partial charge in [0.05, 0.1) is 10.1 Å². The molecule has 0 aliphatic carbocycles. The van der Waals surface area contributed by atoms with Crippen LogP contribution in [0.1, 0.15) is 24.3 Å². The fourth-order valence-corrected chi connectivity index (χ4v) is 6.78. The lowest BCUT2D eigenvalue weighted by molar-refractivity contribution is 0.0854. The fraction of sp³-hybridized carbons (Fsp3) is 0.533. The minimum Gasteiger partial charge on any atom is -0.381 e. The number of sulfonamides is 1. The second kappa shape index (κ2) is 7.15. The molecule has 2 saturated heterocycles. The molecule has 3 heterocycles. The third kappa shape index (κ3) is 3.33. The number of hydrogen-bond donors (Lipinski definition) is 3. The van der Waals surface area contributed by atoms with Crippen LogP contribution in [0.5, 0.6) is 0 Å². The van der Waals surface area contributed by atoms with Gasteiger partial charge in [0.15, 0.2) is 9.84 Å². The molecule has 0 bridgehead atoms. The first-order valence-electron chi connectivity index (χ1n) is 8.76. The minimum atomic E-state index is -4.40.